The summed E-state index contributed by atoms with van der Waals surface area (Å²) in [7, 11) is 0. The average Bonchev–Trinajstić information content (AvgIpc) is 2.65. The second kappa shape index (κ2) is 8.39. The molecule has 126 valence electrons. The van der Waals surface area contributed by atoms with E-state index < -0.39 is 0 Å². The van der Waals surface area contributed by atoms with E-state index in [-0.39, 0.29) is 5.91 Å². The summed E-state index contributed by atoms with van der Waals surface area (Å²) in [6, 6.07) is 19.3. The first-order valence-corrected chi connectivity index (χ1v) is 8.68. The molecular formula is C19H17BrN4O. The third-order valence-electron chi connectivity index (χ3n) is 3.55. The van der Waals surface area contributed by atoms with Crippen LogP contribution in [0, 0.1) is 0 Å². The van der Waals surface area contributed by atoms with Gasteiger partial charge < -0.3 is 10.6 Å². The fourth-order valence-electron chi connectivity index (χ4n) is 2.28. The standard InChI is InChI=1S/C19H17BrN4O/c20-15-8-4-5-9-16(15)23-19-22-13-11-17(24-19)18(25)21-12-10-14-6-2-1-3-7-14/h1-9,11,13H,10,12H2,(H,21,25)(H,22,23,24). The molecule has 0 aliphatic heterocycles. The lowest BCUT2D eigenvalue weighted by Crippen LogP contribution is -2.26. The zero-order valence-corrected chi connectivity index (χ0v) is 15.0. The summed E-state index contributed by atoms with van der Waals surface area (Å²) in [4.78, 5) is 20.7. The lowest BCUT2D eigenvalue weighted by atomic mass is 10.1. The van der Waals surface area contributed by atoms with Gasteiger partial charge >= 0.3 is 0 Å². The van der Waals surface area contributed by atoms with Gasteiger partial charge in [0.25, 0.3) is 5.91 Å². The van der Waals surface area contributed by atoms with Crippen molar-refractivity contribution in [2.24, 2.45) is 0 Å². The Morgan fingerprint density at radius 2 is 1.76 bits per heavy atom. The van der Waals surface area contributed by atoms with E-state index >= 15 is 0 Å². The minimum atomic E-state index is -0.214. The van der Waals surface area contributed by atoms with Gasteiger partial charge in [-0.1, -0.05) is 42.5 Å². The van der Waals surface area contributed by atoms with Crippen molar-refractivity contribution >= 4 is 33.5 Å². The number of aromatic nitrogens is 2. The quantitative estimate of drug-likeness (QED) is 0.661. The monoisotopic (exact) mass is 396 g/mol. The van der Waals surface area contributed by atoms with Crippen LogP contribution in [0.25, 0.3) is 0 Å². The van der Waals surface area contributed by atoms with Gasteiger partial charge in [-0.15, -0.1) is 0 Å². The molecule has 5 nitrogen and oxygen atoms in total. The molecule has 0 bridgehead atoms. The predicted molar refractivity (Wildman–Crippen MR) is 102 cm³/mol. The fraction of sp³-hybridized carbons (Fsp3) is 0.105. The van der Waals surface area contributed by atoms with Crippen molar-refractivity contribution in [2.75, 3.05) is 11.9 Å². The number of carbonyl (C=O) groups is 1. The molecule has 1 amide bonds. The number of nitrogens with one attached hydrogen (secondary N) is 2. The van der Waals surface area contributed by atoms with Crippen molar-refractivity contribution in [3.8, 4) is 0 Å². The number of para-hydroxylation sites is 1. The second-order valence-corrected chi connectivity index (χ2v) is 6.22. The van der Waals surface area contributed by atoms with Crippen LogP contribution in [0.2, 0.25) is 0 Å². The summed E-state index contributed by atoms with van der Waals surface area (Å²) in [6.45, 7) is 0.555. The van der Waals surface area contributed by atoms with Crippen molar-refractivity contribution in [3.63, 3.8) is 0 Å². The van der Waals surface area contributed by atoms with E-state index in [2.05, 4.69) is 36.5 Å². The molecule has 0 atom stereocenters. The molecule has 0 spiro atoms. The average molecular weight is 397 g/mol. The number of hydrogen-bond acceptors (Lipinski definition) is 4. The molecule has 2 aromatic carbocycles. The predicted octanol–water partition coefficient (Wildman–Crippen LogP) is 3.96. The minimum absolute atomic E-state index is 0.214. The first-order chi connectivity index (χ1) is 12.2. The van der Waals surface area contributed by atoms with Gasteiger partial charge in [0.1, 0.15) is 5.69 Å². The lowest BCUT2D eigenvalue weighted by Gasteiger charge is -2.08. The maximum atomic E-state index is 12.3. The topological polar surface area (TPSA) is 66.9 Å². The SMILES string of the molecule is O=C(NCCc1ccccc1)c1ccnc(Nc2ccccc2Br)n1. The highest BCUT2D eigenvalue weighted by molar-refractivity contribution is 9.10. The Kier molecular flexibility index (Phi) is 5.74. The zero-order valence-electron chi connectivity index (χ0n) is 13.4. The molecule has 0 saturated heterocycles. The van der Waals surface area contributed by atoms with Crippen LogP contribution < -0.4 is 10.6 Å². The number of anilines is 2. The second-order valence-electron chi connectivity index (χ2n) is 5.36. The molecule has 0 radical (unpaired) electrons. The largest absolute Gasteiger partial charge is 0.350 e. The molecule has 1 heterocycles. The maximum absolute atomic E-state index is 12.3. The summed E-state index contributed by atoms with van der Waals surface area (Å²) in [5, 5.41) is 5.98. The Bertz CT molecular complexity index is 855. The van der Waals surface area contributed by atoms with Crippen molar-refractivity contribution < 1.29 is 4.79 Å². The molecule has 0 unspecified atom stereocenters. The Balaban J connectivity index is 1.60. The summed E-state index contributed by atoms with van der Waals surface area (Å²) in [5.74, 6) is 0.163. The first-order valence-electron chi connectivity index (χ1n) is 7.89. The van der Waals surface area contributed by atoms with Gasteiger partial charge in [0.15, 0.2) is 0 Å². The third-order valence-corrected chi connectivity index (χ3v) is 4.24. The van der Waals surface area contributed by atoms with Gasteiger partial charge in [-0.3, -0.25) is 4.79 Å². The van der Waals surface area contributed by atoms with E-state index in [0.29, 0.717) is 18.2 Å². The highest BCUT2D eigenvalue weighted by Gasteiger charge is 2.09. The fourth-order valence-corrected chi connectivity index (χ4v) is 2.67. The van der Waals surface area contributed by atoms with E-state index in [1.165, 1.54) is 5.56 Å². The molecule has 6 heteroatoms. The molecule has 0 aliphatic rings. The third kappa shape index (κ3) is 4.87. The first kappa shape index (κ1) is 17.1. The van der Waals surface area contributed by atoms with Crippen LogP contribution in [0.3, 0.4) is 0 Å². The van der Waals surface area contributed by atoms with E-state index in [1.54, 1.807) is 12.3 Å². The summed E-state index contributed by atoms with van der Waals surface area (Å²) >= 11 is 3.46. The Hall–Kier alpha value is -2.73. The van der Waals surface area contributed by atoms with Crippen LogP contribution in [0.5, 0.6) is 0 Å². The molecule has 2 N–H and O–H groups in total. The number of nitrogens with zero attached hydrogens (tertiary/aromatic N) is 2. The number of halogens is 1. The number of hydrogen-bond donors (Lipinski definition) is 2. The van der Waals surface area contributed by atoms with Gasteiger partial charge in [0.2, 0.25) is 5.95 Å². The molecule has 3 aromatic rings. The van der Waals surface area contributed by atoms with Gasteiger partial charge in [0, 0.05) is 17.2 Å². The Labute approximate surface area is 154 Å². The van der Waals surface area contributed by atoms with Crippen molar-refractivity contribution in [2.45, 2.75) is 6.42 Å². The molecule has 1 aromatic heterocycles. The van der Waals surface area contributed by atoms with Crippen molar-refractivity contribution in [3.05, 3.63) is 82.6 Å². The molecule has 25 heavy (non-hydrogen) atoms. The number of rotatable bonds is 6. The number of amides is 1. The van der Waals surface area contributed by atoms with Gasteiger partial charge in [0.05, 0.1) is 5.69 Å². The van der Waals surface area contributed by atoms with Crippen LogP contribution in [0.1, 0.15) is 16.1 Å². The molecule has 0 fully saturated rings. The summed E-state index contributed by atoms with van der Waals surface area (Å²) in [5.41, 5.74) is 2.35. The van der Waals surface area contributed by atoms with E-state index in [9.17, 15) is 4.79 Å². The molecule has 3 rings (SSSR count). The lowest BCUT2D eigenvalue weighted by molar-refractivity contribution is 0.0949. The van der Waals surface area contributed by atoms with Crippen LogP contribution in [0.15, 0.2) is 71.3 Å². The van der Waals surface area contributed by atoms with Gasteiger partial charge in [-0.05, 0) is 46.1 Å². The van der Waals surface area contributed by atoms with E-state index in [1.807, 2.05) is 54.6 Å². The smallest absolute Gasteiger partial charge is 0.270 e. The summed E-state index contributed by atoms with van der Waals surface area (Å²) < 4.78 is 0.899. The number of carbonyl (C=O) groups excluding carboxylic acids is 1. The normalized spacial score (nSPS) is 10.3. The zero-order chi connectivity index (χ0) is 17.5. The van der Waals surface area contributed by atoms with E-state index in [4.69, 9.17) is 0 Å². The maximum Gasteiger partial charge on any atom is 0.270 e. The highest BCUT2D eigenvalue weighted by atomic mass is 79.9. The molecule has 0 aliphatic carbocycles. The van der Waals surface area contributed by atoms with Crippen LogP contribution in [-0.4, -0.2) is 22.4 Å². The highest BCUT2D eigenvalue weighted by Crippen LogP contribution is 2.23. The van der Waals surface area contributed by atoms with Crippen LogP contribution in [0.4, 0.5) is 11.6 Å². The summed E-state index contributed by atoms with van der Waals surface area (Å²) in [6.07, 6.45) is 2.35. The molecule has 0 saturated carbocycles. The van der Waals surface area contributed by atoms with Gasteiger partial charge in [-0.25, -0.2) is 9.97 Å². The van der Waals surface area contributed by atoms with Gasteiger partial charge in [-0.2, -0.15) is 0 Å². The van der Waals surface area contributed by atoms with Crippen molar-refractivity contribution in [1.29, 1.82) is 0 Å². The van der Waals surface area contributed by atoms with Crippen molar-refractivity contribution in [1.82, 2.24) is 15.3 Å². The van der Waals surface area contributed by atoms with E-state index in [0.717, 1.165) is 16.6 Å². The number of benzene rings is 2. The Morgan fingerprint density at radius 1 is 1.00 bits per heavy atom. The Morgan fingerprint density at radius 3 is 2.56 bits per heavy atom. The van der Waals surface area contributed by atoms with Crippen LogP contribution in [-0.2, 0) is 6.42 Å². The van der Waals surface area contributed by atoms with Crippen LogP contribution >= 0.6 is 15.9 Å². The molecular weight excluding hydrogens is 380 g/mol. The minimum Gasteiger partial charge on any atom is -0.350 e.